The lowest BCUT2D eigenvalue weighted by Gasteiger charge is -2.27. The number of thiophene rings is 1. The highest BCUT2D eigenvalue weighted by atomic mass is 32.2. The first-order valence-electron chi connectivity index (χ1n) is 6.21. The molecule has 5 heteroatoms. The smallest absolute Gasteiger partial charge is 0.206 e. The number of sulfonamides is 1. The van der Waals surface area contributed by atoms with Crippen LogP contribution in [0.3, 0.4) is 0 Å². The molecule has 0 radical (unpaired) electrons. The van der Waals surface area contributed by atoms with Gasteiger partial charge in [0.2, 0.25) is 0 Å². The summed E-state index contributed by atoms with van der Waals surface area (Å²) in [5, 5.41) is 0. The minimum absolute atomic E-state index is 0.449. The maximum Gasteiger partial charge on any atom is 0.252 e. The molecule has 1 aliphatic heterocycles. The molecular weight excluding hydrogens is 278 g/mol. The highest BCUT2D eigenvalue weighted by molar-refractivity contribution is 7.91. The van der Waals surface area contributed by atoms with Crippen molar-refractivity contribution in [3.05, 3.63) is 52.4 Å². The van der Waals surface area contributed by atoms with E-state index in [1.807, 2.05) is 31.2 Å². The summed E-state index contributed by atoms with van der Waals surface area (Å²) in [5.41, 5.74) is 2.38. The van der Waals surface area contributed by atoms with Gasteiger partial charge in [0, 0.05) is 18.0 Å². The first-order chi connectivity index (χ1) is 9.07. The second kappa shape index (κ2) is 4.74. The van der Waals surface area contributed by atoms with Crippen LogP contribution in [-0.4, -0.2) is 19.3 Å². The van der Waals surface area contributed by atoms with Gasteiger partial charge in [0.15, 0.2) is 0 Å². The molecule has 3 nitrogen and oxygen atoms in total. The molecule has 0 N–H and O–H groups in total. The zero-order valence-corrected chi connectivity index (χ0v) is 12.3. The van der Waals surface area contributed by atoms with Crippen LogP contribution in [0, 0.1) is 6.92 Å². The molecule has 19 heavy (non-hydrogen) atoms. The predicted octanol–water partition coefficient (Wildman–Crippen LogP) is 2.80. The van der Waals surface area contributed by atoms with Crippen LogP contribution in [-0.2, 0) is 23.0 Å². The van der Waals surface area contributed by atoms with Crippen LogP contribution in [0.4, 0.5) is 0 Å². The maximum atomic E-state index is 12.5. The van der Waals surface area contributed by atoms with Gasteiger partial charge in [-0.15, -0.1) is 11.3 Å². The standard InChI is InChI=1S/C14H15NO2S2/c1-11-6-7-14(18-11)19(16,17)15-9-8-12-4-2-3-5-13(12)10-15/h2-7H,8-10H2,1H3. The molecule has 0 unspecified atom stereocenters. The Hall–Kier alpha value is -1.17. The fourth-order valence-corrected chi connectivity index (χ4v) is 5.21. The molecule has 1 aromatic heterocycles. The molecule has 0 fully saturated rings. The highest BCUT2D eigenvalue weighted by Crippen LogP contribution is 2.28. The molecule has 0 bridgehead atoms. The van der Waals surface area contributed by atoms with Crippen molar-refractivity contribution < 1.29 is 8.42 Å². The lowest BCUT2D eigenvalue weighted by Crippen LogP contribution is -2.35. The molecule has 100 valence electrons. The molecule has 0 saturated carbocycles. The molecule has 2 heterocycles. The first kappa shape index (κ1) is 12.8. The van der Waals surface area contributed by atoms with E-state index in [1.165, 1.54) is 16.9 Å². The SMILES string of the molecule is Cc1ccc(S(=O)(=O)N2CCc3ccccc3C2)s1. The average Bonchev–Trinajstić information content (AvgIpc) is 2.85. The third-order valence-electron chi connectivity index (χ3n) is 3.41. The van der Waals surface area contributed by atoms with Crippen molar-refractivity contribution in [2.75, 3.05) is 6.54 Å². The summed E-state index contributed by atoms with van der Waals surface area (Å²) in [4.78, 5) is 1.02. The fourth-order valence-electron chi connectivity index (χ4n) is 2.35. The van der Waals surface area contributed by atoms with Gasteiger partial charge >= 0.3 is 0 Å². The highest BCUT2D eigenvalue weighted by Gasteiger charge is 2.29. The summed E-state index contributed by atoms with van der Waals surface area (Å²) in [6.45, 7) is 2.97. The third kappa shape index (κ3) is 2.33. The Morgan fingerprint density at radius 1 is 1.11 bits per heavy atom. The quantitative estimate of drug-likeness (QED) is 0.854. The second-order valence-electron chi connectivity index (χ2n) is 4.72. The van der Waals surface area contributed by atoms with Crippen molar-refractivity contribution in [3.8, 4) is 0 Å². The molecule has 0 aliphatic carbocycles. The number of hydrogen-bond acceptors (Lipinski definition) is 3. The molecular formula is C14H15NO2S2. The molecule has 1 aliphatic rings. The van der Waals surface area contributed by atoms with Gasteiger partial charge in [-0.05, 0) is 36.6 Å². The van der Waals surface area contributed by atoms with E-state index in [1.54, 1.807) is 10.4 Å². The van der Waals surface area contributed by atoms with Crippen LogP contribution in [0.5, 0.6) is 0 Å². The summed E-state index contributed by atoms with van der Waals surface area (Å²) in [7, 11) is -3.33. The molecule has 0 saturated heterocycles. The van der Waals surface area contributed by atoms with E-state index < -0.39 is 10.0 Å². The lowest BCUT2D eigenvalue weighted by atomic mass is 10.0. The van der Waals surface area contributed by atoms with E-state index in [9.17, 15) is 8.42 Å². The Labute approximate surface area is 117 Å². The van der Waals surface area contributed by atoms with Gasteiger partial charge in [-0.3, -0.25) is 0 Å². The van der Waals surface area contributed by atoms with Crippen LogP contribution < -0.4 is 0 Å². The Balaban J connectivity index is 1.93. The maximum absolute atomic E-state index is 12.5. The van der Waals surface area contributed by atoms with E-state index in [0.717, 1.165) is 16.9 Å². The number of fused-ring (bicyclic) bond motifs is 1. The Bertz CT molecular complexity index is 704. The molecule has 1 aromatic carbocycles. The van der Waals surface area contributed by atoms with E-state index in [2.05, 4.69) is 6.07 Å². The molecule has 0 amide bonds. The van der Waals surface area contributed by atoms with Crippen LogP contribution in [0.25, 0.3) is 0 Å². The van der Waals surface area contributed by atoms with Crippen LogP contribution in [0.2, 0.25) is 0 Å². The van der Waals surface area contributed by atoms with Gasteiger partial charge in [-0.2, -0.15) is 4.31 Å². The summed E-state index contributed by atoms with van der Waals surface area (Å²) in [5.74, 6) is 0. The summed E-state index contributed by atoms with van der Waals surface area (Å²) in [6, 6.07) is 11.6. The summed E-state index contributed by atoms with van der Waals surface area (Å²) in [6.07, 6.45) is 0.791. The summed E-state index contributed by atoms with van der Waals surface area (Å²) < 4.78 is 27.1. The third-order valence-corrected chi connectivity index (χ3v) is 6.72. The van der Waals surface area contributed by atoms with Gasteiger partial charge in [-0.25, -0.2) is 8.42 Å². The van der Waals surface area contributed by atoms with E-state index >= 15 is 0 Å². The minimum atomic E-state index is -3.33. The average molecular weight is 293 g/mol. The van der Waals surface area contributed by atoms with Gasteiger partial charge in [0.25, 0.3) is 10.0 Å². The number of rotatable bonds is 2. The molecule has 2 aromatic rings. The lowest BCUT2D eigenvalue weighted by molar-refractivity contribution is 0.392. The second-order valence-corrected chi connectivity index (χ2v) is 8.18. The molecule has 3 rings (SSSR count). The van der Waals surface area contributed by atoms with Crippen molar-refractivity contribution in [3.63, 3.8) is 0 Å². The van der Waals surface area contributed by atoms with Crippen LogP contribution in [0.1, 0.15) is 16.0 Å². The molecule has 0 atom stereocenters. The number of hydrogen-bond donors (Lipinski definition) is 0. The Kier molecular flexibility index (Phi) is 3.20. The minimum Gasteiger partial charge on any atom is -0.206 e. The van der Waals surface area contributed by atoms with Crippen molar-refractivity contribution in [1.82, 2.24) is 4.31 Å². The number of nitrogens with zero attached hydrogens (tertiary/aromatic N) is 1. The van der Waals surface area contributed by atoms with Gasteiger partial charge in [0.1, 0.15) is 4.21 Å². The number of aryl methyl sites for hydroxylation is 1. The first-order valence-corrected chi connectivity index (χ1v) is 8.46. The van der Waals surface area contributed by atoms with E-state index in [4.69, 9.17) is 0 Å². The topological polar surface area (TPSA) is 37.4 Å². The fraction of sp³-hybridized carbons (Fsp3) is 0.286. The molecule has 0 spiro atoms. The van der Waals surface area contributed by atoms with Gasteiger partial charge < -0.3 is 0 Å². The van der Waals surface area contributed by atoms with Crippen LogP contribution in [0.15, 0.2) is 40.6 Å². The van der Waals surface area contributed by atoms with E-state index in [-0.39, 0.29) is 0 Å². The Morgan fingerprint density at radius 2 is 1.84 bits per heavy atom. The van der Waals surface area contributed by atoms with Crippen molar-refractivity contribution in [2.45, 2.75) is 24.1 Å². The summed E-state index contributed by atoms with van der Waals surface area (Å²) >= 11 is 1.34. The van der Waals surface area contributed by atoms with Crippen molar-refractivity contribution in [1.29, 1.82) is 0 Å². The largest absolute Gasteiger partial charge is 0.252 e. The van der Waals surface area contributed by atoms with Gasteiger partial charge in [0.05, 0.1) is 0 Å². The van der Waals surface area contributed by atoms with Crippen molar-refractivity contribution >= 4 is 21.4 Å². The zero-order chi connectivity index (χ0) is 13.5. The zero-order valence-electron chi connectivity index (χ0n) is 10.7. The van der Waals surface area contributed by atoms with Gasteiger partial charge in [-0.1, -0.05) is 24.3 Å². The predicted molar refractivity (Wildman–Crippen MR) is 76.8 cm³/mol. The van der Waals surface area contributed by atoms with Crippen molar-refractivity contribution in [2.24, 2.45) is 0 Å². The van der Waals surface area contributed by atoms with Crippen LogP contribution >= 0.6 is 11.3 Å². The number of benzene rings is 1. The van der Waals surface area contributed by atoms with E-state index in [0.29, 0.717) is 17.3 Å². The normalized spacial score (nSPS) is 16.3. The Morgan fingerprint density at radius 3 is 2.53 bits per heavy atom. The monoisotopic (exact) mass is 293 g/mol.